The minimum absolute atomic E-state index is 0.0333. The first-order valence-corrected chi connectivity index (χ1v) is 14.7. The number of urea groups is 1. The van der Waals surface area contributed by atoms with E-state index >= 15 is 0 Å². The van der Waals surface area contributed by atoms with E-state index < -0.39 is 18.2 Å². The van der Waals surface area contributed by atoms with E-state index in [4.69, 9.17) is 0 Å². The number of hydrogen-bond acceptors (Lipinski definition) is 4. The molecule has 2 aromatic carbocycles. The van der Waals surface area contributed by atoms with Crippen LogP contribution in [-0.4, -0.2) is 58.3 Å². The van der Waals surface area contributed by atoms with Crippen LogP contribution in [0.4, 0.5) is 23.7 Å². The Morgan fingerprint density at radius 3 is 2.14 bits per heavy atom. The number of nitrogens with zero attached hydrogens (tertiary/aromatic N) is 2. The molecule has 1 heterocycles. The second kappa shape index (κ2) is 13.3. The van der Waals surface area contributed by atoms with Gasteiger partial charge in [0.15, 0.2) is 0 Å². The van der Waals surface area contributed by atoms with Gasteiger partial charge in [0.25, 0.3) is 5.91 Å². The molecule has 4 rings (SSSR count). The molecule has 2 aliphatic rings. The number of carboxylic acids is 1. The molecule has 0 spiro atoms. The van der Waals surface area contributed by atoms with E-state index in [0.29, 0.717) is 36.6 Å². The van der Waals surface area contributed by atoms with Gasteiger partial charge in [0.05, 0.1) is 5.92 Å². The highest BCUT2D eigenvalue weighted by molar-refractivity contribution is 5.94. The molecule has 2 N–H and O–H groups in total. The number of aliphatic carboxylic acids is 1. The molecule has 8 nitrogen and oxygen atoms in total. The van der Waals surface area contributed by atoms with Crippen LogP contribution in [0.25, 0.3) is 0 Å². The van der Waals surface area contributed by atoms with Crippen LogP contribution in [-0.2, 0) is 11.3 Å². The maximum Gasteiger partial charge on any atom is 0.573 e. The van der Waals surface area contributed by atoms with Crippen molar-refractivity contribution >= 4 is 23.6 Å². The lowest BCUT2D eigenvalue weighted by Crippen LogP contribution is -2.45. The SMILES string of the molecule is CC(C)(C)[C@H]1CC[C@H](N(Cc2ccc(C(=O)N3CCCC(C(=O)O)C3)cc2)C(=O)Nc2ccc(OC(F)(F)F)cc2)CC1. The van der Waals surface area contributed by atoms with Gasteiger partial charge in [-0.25, -0.2) is 4.79 Å². The number of rotatable bonds is 7. The molecular weight excluding hydrogens is 563 g/mol. The molecule has 234 valence electrons. The van der Waals surface area contributed by atoms with Gasteiger partial charge in [-0.3, -0.25) is 9.59 Å². The number of likely N-dealkylation sites (tertiary alicyclic amines) is 1. The van der Waals surface area contributed by atoms with E-state index in [1.165, 1.54) is 12.1 Å². The number of carbonyl (C=O) groups is 3. The Kier molecular flexibility index (Phi) is 9.92. The van der Waals surface area contributed by atoms with Gasteiger partial charge in [-0.05, 0) is 91.8 Å². The summed E-state index contributed by atoms with van der Waals surface area (Å²) in [7, 11) is 0. The molecule has 2 aromatic rings. The number of alkyl halides is 3. The Morgan fingerprint density at radius 1 is 0.953 bits per heavy atom. The van der Waals surface area contributed by atoms with Gasteiger partial charge in [0, 0.05) is 36.9 Å². The summed E-state index contributed by atoms with van der Waals surface area (Å²) < 4.78 is 41.5. The Bertz CT molecular complexity index is 1270. The highest BCUT2D eigenvalue weighted by Gasteiger charge is 2.34. The minimum Gasteiger partial charge on any atom is -0.481 e. The van der Waals surface area contributed by atoms with E-state index in [-0.39, 0.29) is 42.2 Å². The summed E-state index contributed by atoms with van der Waals surface area (Å²) in [6.07, 6.45) is -0.0140. The predicted octanol–water partition coefficient (Wildman–Crippen LogP) is 7.16. The van der Waals surface area contributed by atoms with Crippen LogP contribution in [0.5, 0.6) is 5.75 Å². The fraction of sp³-hybridized carbons (Fsp3) is 0.531. The van der Waals surface area contributed by atoms with Crippen molar-refractivity contribution in [1.29, 1.82) is 0 Å². The van der Waals surface area contributed by atoms with Crippen LogP contribution in [0.15, 0.2) is 48.5 Å². The number of piperidine rings is 1. The van der Waals surface area contributed by atoms with Crippen molar-refractivity contribution < 1.29 is 37.4 Å². The number of carbonyl (C=O) groups excluding carboxylic acids is 2. The Labute approximate surface area is 250 Å². The van der Waals surface area contributed by atoms with Crippen molar-refractivity contribution in [3.63, 3.8) is 0 Å². The molecule has 1 saturated heterocycles. The fourth-order valence-electron chi connectivity index (χ4n) is 6.05. The highest BCUT2D eigenvalue weighted by atomic mass is 19.4. The monoisotopic (exact) mass is 603 g/mol. The predicted molar refractivity (Wildman–Crippen MR) is 156 cm³/mol. The number of hydrogen-bond donors (Lipinski definition) is 2. The van der Waals surface area contributed by atoms with E-state index in [0.717, 1.165) is 43.4 Å². The van der Waals surface area contributed by atoms with Crippen LogP contribution in [0.2, 0.25) is 0 Å². The van der Waals surface area contributed by atoms with Gasteiger partial charge >= 0.3 is 18.4 Å². The molecule has 11 heteroatoms. The summed E-state index contributed by atoms with van der Waals surface area (Å²) in [5, 5.41) is 12.2. The molecule has 1 atom stereocenters. The molecule has 2 fully saturated rings. The summed E-state index contributed by atoms with van der Waals surface area (Å²) in [4.78, 5) is 41.4. The number of nitrogens with one attached hydrogen (secondary N) is 1. The quantitative estimate of drug-likeness (QED) is 0.350. The van der Waals surface area contributed by atoms with Gasteiger partial charge in [-0.2, -0.15) is 0 Å². The minimum atomic E-state index is -4.80. The summed E-state index contributed by atoms with van der Waals surface area (Å²) >= 11 is 0. The summed E-state index contributed by atoms with van der Waals surface area (Å²) in [5.41, 5.74) is 1.78. The van der Waals surface area contributed by atoms with Gasteiger partial charge < -0.3 is 25.0 Å². The van der Waals surface area contributed by atoms with Crippen molar-refractivity contribution in [2.75, 3.05) is 18.4 Å². The zero-order valence-electron chi connectivity index (χ0n) is 24.8. The third-order valence-corrected chi connectivity index (χ3v) is 8.57. The van der Waals surface area contributed by atoms with Crippen LogP contribution in [0.3, 0.4) is 0 Å². The number of halogens is 3. The zero-order chi connectivity index (χ0) is 31.4. The molecule has 0 aromatic heterocycles. The van der Waals surface area contributed by atoms with Crippen molar-refractivity contribution in [3.8, 4) is 5.75 Å². The summed E-state index contributed by atoms with van der Waals surface area (Å²) in [5.74, 6) is -1.51. The molecule has 0 bridgehead atoms. The molecular formula is C32H40F3N3O5. The zero-order valence-corrected chi connectivity index (χ0v) is 24.8. The van der Waals surface area contributed by atoms with Gasteiger partial charge in [-0.15, -0.1) is 13.2 Å². The lowest BCUT2D eigenvalue weighted by molar-refractivity contribution is -0.274. The third kappa shape index (κ3) is 8.87. The van der Waals surface area contributed by atoms with Gasteiger partial charge in [-0.1, -0.05) is 32.9 Å². The van der Waals surface area contributed by atoms with Crippen molar-refractivity contribution in [3.05, 3.63) is 59.7 Å². The largest absolute Gasteiger partial charge is 0.573 e. The van der Waals surface area contributed by atoms with Crippen LogP contribution < -0.4 is 10.1 Å². The highest BCUT2D eigenvalue weighted by Crippen LogP contribution is 2.39. The van der Waals surface area contributed by atoms with E-state index in [9.17, 15) is 32.7 Å². The van der Waals surface area contributed by atoms with Gasteiger partial charge in [0.1, 0.15) is 5.75 Å². The number of benzene rings is 2. The van der Waals surface area contributed by atoms with Crippen LogP contribution >= 0.6 is 0 Å². The fourth-order valence-corrected chi connectivity index (χ4v) is 6.05. The topological polar surface area (TPSA) is 99.2 Å². The molecule has 1 saturated carbocycles. The third-order valence-electron chi connectivity index (χ3n) is 8.57. The molecule has 1 unspecified atom stereocenters. The summed E-state index contributed by atoms with van der Waals surface area (Å²) in [6.45, 7) is 7.66. The number of ether oxygens (including phenoxy) is 1. The average Bonchev–Trinajstić information content (AvgIpc) is 2.96. The summed E-state index contributed by atoms with van der Waals surface area (Å²) in [6, 6.07) is 11.6. The van der Waals surface area contributed by atoms with E-state index in [2.05, 4.69) is 30.8 Å². The molecule has 0 radical (unpaired) electrons. The van der Waals surface area contributed by atoms with E-state index in [1.807, 2.05) is 0 Å². The van der Waals surface area contributed by atoms with Crippen molar-refractivity contribution in [2.45, 2.75) is 78.2 Å². The average molecular weight is 604 g/mol. The molecule has 3 amide bonds. The number of anilines is 1. The maximum atomic E-state index is 13.6. The van der Waals surface area contributed by atoms with E-state index in [1.54, 1.807) is 34.1 Å². The van der Waals surface area contributed by atoms with Crippen LogP contribution in [0, 0.1) is 17.3 Å². The molecule has 1 aliphatic heterocycles. The first-order chi connectivity index (χ1) is 20.2. The van der Waals surface area contributed by atoms with Gasteiger partial charge in [0.2, 0.25) is 0 Å². The Morgan fingerprint density at radius 2 is 1.58 bits per heavy atom. The number of amides is 3. The van der Waals surface area contributed by atoms with Crippen LogP contribution in [0.1, 0.15) is 75.2 Å². The second-order valence-corrected chi connectivity index (χ2v) is 12.6. The smallest absolute Gasteiger partial charge is 0.481 e. The standard InChI is InChI=1S/C32H40F3N3O5/c1-31(2,3)24-10-14-26(15-11-24)38(30(42)36-25-12-16-27(17-13-25)43-32(33,34)35)19-21-6-8-22(9-7-21)28(39)37-18-4-5-23(20-37)29(40)41/h6-9,12-13,16-17,23-24,26H,4-5,10-11,14-15,18-20H2,1-3H3,(H,36,42)(H,40,41)/t23?,24-,26-. The maximum absolute atomic E-state index is 13.6. The first-order valence-electron chi connectivity index (χ1n) is 14.7. The van der Waals surface area contributed by atoms with Crippen molar-refractivity contribution in [1.82, 2.24) is 9.80 Å². The Hall–Kier alpha value is -3.76. The molecule has 1 aliphatic carbocycles. The lowest BCUT2D eigenvalue weighted by atomic mass is 9.71. The second-order valence-electron chi connectivity index (χ2n) is 12.6. The first kappa shape index (κ1) is 32.2. The Balaban J connectivity index is 1.47. The normalized spacial score (nSPS) is 21.2. The number of carboxylic acid groups (broad SMARTS) is 1. The van der Waals surface area contributed by atoms with Crippen molar-refractivity contribution in [2.24, 2.45) is 17.3 Å². The lowest BCUT2D eigenvalue weighted by Gasteiger charge is -2.41. The molecule has 43 heavy (non-hydrogen) atoms.